The standard InChI is InChI=1S/C67H75Cl2N9O23/c1-25(2)15-37(78(6)66(96)101-67(3,4)5)59(90)76-50-52(84)27-8-13-40(34(68)17-27)97-42-19-29-20-43(57(42)100-65-56(88)55(87)54(86)44(24-79)99-65)98-41-14-9-28(18-35(41)69)53(85)51-64(95)75-49(62(93)71-30-10-11-30)33-21-31(80)22-39(82)46(33)32-16-26(7-12-38(32)81)47(60(91)77-51)74-61(92)48(29)73-58(89)36(23-45(70)83)72-63(50)94/h7-9,12-14,16-22,25,30,36-37,44,47-56,65,79-82,84-88H,10-11,15,23-24H2,1-6H3,(H2,70,83)(H,71,93)(H,72,94)(H,73,89)(H,74,92)(H,75,95)(H,76,90)(H,77,91)/t36?,37-,44-,47-,48?,49-,50?,51+,52-,53-,54-,55+,56-,65-/m1/s1. The topological polar surface area (TPSA) is 495 Å². The van der Waals surface area contributed by atoms with E-state index in [1.54, 1.807) is 34.6 Å². The van der Waals surface area contributed by atoms with Gasteiger partial charge in [0.25, 0.3) is 0 Å². The Bertz CT molecular complexity index is 4110. The number of nitrogens with zero attached hydrogens (tertiary/aromatic N) is 1. The number of ether oxygens (including phenoxy) is 5. The van der Waals surface area contributed by atoms with E-state index in [-0.39, 0.29) is 57.7 Å². The Morgan fingerprint density at radius 1 is 0.673 bits per heavy atom. The molecule has 32 nitrogen and oxygen atoms in total. The van der Waals surface area contributed by atoms with Gasteiger partial charge >= 0.3 is 6.09 Å². The van der Waals surface area contributed by atoms with E-state index in [1.165, 1.54) is 19.2 Å². The summed E-state index contributed by atoms with van der Waals surface area (Å²) in [6.07, 6.45) is -15.2. The number of carbonyl (C=O) groups is 9. The number of aliphatic hydroxyl groups excluding tert-OH is 6. The minimum Gasteiger partial charge on any atom is -0.508 e. The summed E-state index contributed by atoms with van der Waals surface area (Å²) in [5, 5.41) is 120. The normalized spacial score (nSPS) is 25.6. The Kier molecular flexibility index (Phi) is 21.8. The van der Waals surface area contributed by atoms with E-state index in [4.69, 9.17) is 52.6 Å². The van der Waals surface area contributed by atoms with Crippen LogP contribution in [0.25, 0.3) is 11.1 Å². The third-order valence-corrected chi connectivity index (χ3v) is 17.7. The molecule has 7 aliphatic rings. The molecule has 1 aliphatic carbocycles. The quantitative estimate of drug-likeness (QED) is 0.0845. The molecule has 101 heavy (non-hydrogen) atoms. The molecule has 18 N–H and O–H groups in total. The lowest BCUT2D eigenvalue weighted by Gasteiger charge is -2.39. The van der Waals surface area contributed by atoms with Gasteiger partial charge in [0.05, 0.1) is 23.1 Å². The number of aliphatic hydroxyl groups is 6. The predicted octanol–water partition coefficient (Wildman–Crippen LogP) is 1.71. The van der Waals surface area contributed by atoms with Crippen molar-refractivity contribution < 1.29 is 113 Å². The number of amides is 9. The summed E-state index contributed by atoms with van der Waals surface area (Å²) in [5.41, 5.74) is 2.39. The molecule has 14 atom stereocenters. The Morgan fingerprint density at radius 2 is 1.27 bits per heavy atom. The number of fused-ring (bicyclic) bond motifs is 15. The van der Waals surface area contributed by atoms with Gasteiger partial charge in [0.15, 0.2) is 11.5 Å². The van der Waals surface area contributed by atoms with Crippen molar-refractivity contribution in [2.45, 2.75) is 157 Å². The summed E-state index contributed by atoms with van der Waals surface area (Å²) in [5.74, 6) is -15.2. The highest BCUT2D eigenvalue weighted by Crippen LogP contribution is 2.49. The summed E-state index contributed by atoms with van der Waals surface area (Å²) < 4.78 is 30.6. The molecule has 1 saturated carbocycles. The Balaban J connectivity index is 1.20. The molecule has 0 radical (unpaired) electrons. The third kappa shape index (κ3) is 16.4. The number of hydrogen-bond donors (Lipinski definition) is 17. The highest BCUT2D eigenvalue weighted by atomic mass is 35.5. The molecule has 540 valence electrons. The number of nitrogens with one attached hydrogen (secondary N) is 7. The number of phenols is 3. The zero-order valence-electron chi connectivity index (χ0n) is 54.8. The van der Waals surface area contributed by atoms with Crippen LogP contribution < -0.4 is 57.2 Å². The van der Waals surface area contributed by atoms with Crippen LogP contribution in [0.1, 0.15) is 118 Å². The average Bonchev–Trinajstić information content (AvgIpc) is 1.57. The van der Waals surface area contributed by atoms with Gasteiger partial charge in [-0.2, -0.15) is 0 Å². The fourth-order valence-corrected chi connectivity index (χ4v) is 12.2. The minimum atomic E-state index is -2.34. The highest BCUT2D eigenvalue weighted by Gasteiger charge is 2.47. The van der Waals surface area contributed by atoms with Crippen LogP contribution in [0.5, 0.6) is 46.0 Å². The lowest BCUT2D eigenvalue weighted by Crippen LogP contribution is -2.60. The Labute approximate surface area is 585 Å². The highest BCUT2D eigenvalue weighted by molar-refractivity contribution is 6.32. The molecule has 2 fully saturated rings. The van der Waals surface area contributed by atoms with Crippen molar-refractivity contribution >= 4 is 76.6 Å². The van der Waals surface area contributed by atoms with E-state index in [1.807, 2.05) is 0 Å². The smallest absolute Gasteiger partial charge is 0.410 e. The molecule has 1 saturated heterocycles. The molecule has 5 aromatic rings. The van der Waals surface area contributed by atoms with Crippen LogP contribution in [0.3, 0.4) is 0 Å². The lowest BCUT2D eigenvalue weighted by atomic mass is 9.89. The van der Waals surface area contributed by atoms with E-state index in [0.717, 1.165) is 71.6 Å². The molecule has 6 aliphatic heterocycles. The van der Waals surface area contributed by atoms with Gasteiger partial charge in [0.1, 0.15) is 113 Å². The van der Waals surface area contributed by atoms with E-state index in [0.29, 0.717) is 12.8 Å². The molecular formula is C67H75Cl2N9O23. The van der Waals surface area contributed by atoms with Gasteiger partial charge in [-0.15, -0.1) is 0 Å². The first-order chi connectivity index (χ1) is 47.6. The van der Waals surface area contributed by atoms with Crippen molar-refractivity contribution in [3.05, 3.63) is 117 Å². The summed E-state index contributed by atoms with van der Waals surface area (Å²) in [4.78, 5) is 134. The lowest BCUT2D eigenvalue weighted by molar-refractivity contribution is -0.277. The Morgan fingerprint density at radius 3 is 1.85 bits per heavy atom. The monoisotopic (exact) mass is 1440 g/mol. The fraction of sp³-hybridized carbons (Fsp3) is 0.418. The van der Waals surface area contributed by atoms with Crippen molar-refractivity contribution in [1.29, 1.82) is 0 Å². The number of benzene rings is 5. The zero-order chi connectivity index (χ0) is 73.5. The summed E-state index contributed by atoms with van der Waals surface area (Å²) in [6.45, 7) is 7.28. The molecule has 9 amide bonds. The van der Waals surface area contributed by atoms with Gasteiger partial charge in [-0.05, 0) is 128 Å². The molecular weight excluding hydrogens is 1370 g/mol. The molecule has 11 bridgehead atoms. The van der Waals surface area contributed by atoms with Gasteiger partial charge in [-0.1, -0.05) is 55.2 Å². The third-order valence-electron chi connectivity index (χ3n) is 17.1. The van der Waals surface area contributed by atoms with Crippen LogP contribution in [-0.4, -0.2) is 184 Å². The summed E-state index contributed by atoms with van der Waals surface area (Å²) >= 11 is 14.0. The number of likely N-dealkylation sites (N-methyl/N-ethyl adjacent to an activating group) is 1. The second-order valence-corrected chi connectivity index (χ2v) is 27.2. The van der Waals surface area contributed by atoms with Crippen LogP contribution in [0, 0.1) is 5.92 Å². The van der Waals surface area contributed by atoms with Crippen molar-refractivity contribution in [2.75, 3.05) is 13.7 Å². The number of rotatable bonds is 12. The number of nitrogens with two attached hydrogens (primary N) is 1. The van der Waals surface area contributed by atoms with Crippen molar-refractivity contribution in [2.24, 2.45) is 11.7 Å². The molecule has 0 spiro atoms. The first-order valence-electron chi connectivity index (χ1n) is 31.8. The van der Waals surface area contributed by atoms with Crippen LogP contribution in [0.15, 0.2) is 78.9 Å². The number of halogens is 2. The predicted molar refractivity (Wildman–Crippen MR) is 351 cm³/mol. The number of aromatic hydroxyl groups is 3. The molecule has 6 heterocycles. The second kappa shape index (κ2) is 29.8. The second-order valence-electron chi connectivity index (χ2n) is 26.4. The number of phenolic OH excluding ortho intramolecular Hbond substituents is 3. The van der Waals surface area contributed by atoms with E-state index in [9.17, 15) is 65.1 Å². The number of carbonyl (C=O) groups excluding carboxylic acids is 9. The summed E-state index contributed by atoms with van der Waals surface area (Å²) in [7, 11) is 1.27. The minimum absolute atomic E-state index is 0.0492. The van der Waals surface area contributed by atoms with Crippen LogP contribution >= 0.6 is 23.2 Å². The SMILES string of the molecule is CC(C)C[C@H](C(=O)NC1C(=O)NC(CC(N)=O)C(=O)NC2C(=O)N[C@H]3C(=O)N[C@H](C(=O)N[C@@H](C(=O)NC4CC4)c4cc(O)cc(O)c4-c4cc3ccc4O)[C@H](O)c3ccc(c(Cl)c3)Oc3cc2cc(c3O[C@H]2O[C@H](CO)[C@@H](O)[C@H](O)[C@H]2O)Oc2ccc(cc2Cl)[C@H]1O)N(C)C(=O)OC(C)(C)C. The average molecular weight is 1450 g/mol. The largest absolute Gasteiger partial charge is 0.508 e. The molecule has 3 unspecified atom stereocenters. The first-order valence-corrected chi connectivity index (χ1v) is 32.6. The number of hydrogen-bond acceptors (Lipinski definition) is 23. The van der Waals surface area contributed by atoms with Crippen LogP contribution in [-0.2, 0) is 47.8 Å². The fourth-order valence-electron chi connectivity index (χ4n) is 11.8. The Hall–Kier alpha value is -9.77. The van der Waals surface area contributed by atoms with E-state index < -0.39 is 213 Å². The van der Waals surface area contributed by atoms with Crippen LogP contribution in [0.2, 0.25) is 10.0 Å². The van der Waals surface area contributed by atoms with Gasteiger partial charge in [0.2, 0.25) is 59.3 Å². The van der Waals surface area contributed by atoms with E-state index in [2.05, 4.69) is 37.2 Å². The maximum atomic E-state index is 16.0. The molecule has 12 rings (SSSR count). The molecule has 0 aromatic heterocycles. The maximum absolute atomic E-state index is 16.0. The zero-order valence-corrected chi connectivity index (χ0v) is 56.3. The van der Waals surface area contributed by atoms with Gasteiger partial charge in [-0.25, -0.2) is 4.79 Å². The number of primary amides is 1. The van der Waals surface area contributed by atoms with Gasteiger partial charge in [-0.3, -0.25) is 43.3 Å². The van der Waals surface area contributed by atoms with Crippen molar-refractivity contribution in [1.82, 2.24) is 42.1 Å². The maximum Gasteiger partial charge on any atom is 0.410 e. The van der Waals surface area contributed by atoms with Gasteiger partial charge in [0, 0.05) is 30.3 Å². The van der Waals surface area contributed by atoms with Crippen molar-refractivity contribution in [3.8, 4) is 57.1 Å². The molecule has 5 aromatic carbocycles. The van der Waals surface area contributed by atoms with E-state index >= 15 is 24.0 Å². The first kappa shape index (κ1) is 73.9. The summed E-state index contributed by atoms with van der Waals surface area (Å²) in [6, 6.07) is -0.794. The molecule has 34 heteroatoms. The van der Waals surface area contributed by atoms with Crippen molar-refractivity contribution in [3.63, 3.8) is 0 Å². The van der Waals surface area contributed by atoms with Gasteiger partial charge < -0.3 is 113 Å². The van der Waals surface area contributed by atoms with Crippen LogP contribution in [0.4, 0.5) is 4.79 Å².